The molecule has 0 spiro atoms. The molecule has 1 heterocycles. The molecule has 0 atom stereocenters. The Kier molecular flexibility index (Phi) is 6.01. The van der Waals surface area contributed by atoms with Crippen LogP contribution < -0.4 is 14.8 Å². The van der Waals surface area contributed by atoms with Crippen molar-refractivity contribution in [3.63, 3.8) is 0 Å². The lowest BCUT2D eigenvalue weighted by Gasteiger charge is -2.16. The third-order valence-electron chi connectivity index (χ3n) is 3.90. The van der Waals surface area contributed by atoms with Gasteiger partial charge in [0.05, 0.1) is 7.11 Å². The van der Waals surface area contributed by atoms with Gasteiger partial charge in [-0.15, -0.1) is 0 Å². The summed E-state index contributed by atoms with van der Waals surface area (Å²) >= 11 is 0. The topological polar surface area (TPSA) is 43.4 Å². The fraction of sp³-hybridized carbons (Fsp3) is 0.190. The van der Waals surface area contributed by atoms with Crippen molar-refractivity contribution in [3.8, 4) is 11.5 Å². The summed E-state index contributed by atoms with van der Waals surface area (Å²) < 4.78 is 11.6. The SMILES string of the molecule is COc1cccc(CNCc2ccncc2)c1OCc1ccccc1. The van der Waals surface area contributed by atoms with Crippen LogP contribution in [0.2, 0.25) is 0 Å². The van der Waals surface area contributed by atoms with Gasteiger partial charge in [0.2, 0.25) is 0 Å². The molecule has 1 N–H and O–H groups in total. The Bertz CT molecular complexity index is 776. The van der Waals surface area contributed by atoms with E-state index in [0.29, 0.717) is 13.2 Å². The summed E-state index contributed by atoms with van der Waals surface area (Å²) in [7, 11) is 1.67. The zero-order valence-electron chi connectivity index (χ0n) is 14.3. The first kappa shape index (κ1) is 17.0. The standard InChI is InChI=1S/C21H22N2O2/c1-24-20-9-5-8-19(15-23-14-17-10-12-22-13-11-17)21(20)25-16-18-6-3-2-4-7-18/h2-13,23H,14-16H2,1H3. The third-order valence-corrected chi connectivity index (χ3v) is 3.90. The van der Waals surface area contributed by atoms with Crippen LogP contribution in [-0.2, 0) is 19.7 Å². The number of nitrogens with one attached hydrogen (secondary N) is 1. The van der Waals surface area contributed by atoms with E-state index in [1.807, 2.05) is 42.5 Å². The van der Waals surface area contributed by atoms with Gasteiger partial charge >= 0.3 is 0 Å². The van der Waals surface area contributed by atoms with Crippen LogP contribution in [0.25, 0.3) is 0 Å². The smallest absolute Gasteiger partial charge is 0.166 e. The molecule has 0 aliphatic carbocycles. The van der Waals surface area contributed by atoms with Gasteiger partial charge in [-0.2, -0.15) is 0 Å². The van der Waals surface area contributed by atoms with E-state index >= 15 is 0 Å². The van der Waals surface area contributed by atoms with Gasteiger partial charge in [0.1, 0.15) is 6.61 Å². The number of nitrogens with zero attached hydrogens (tertiary/aromatic N) is 1. The summed E-state index contributed by atoms with van der Waals surface area (Å²) in [6.07, 6.45) is 3.61. The highest BCUT2D eigenvalue weighted by Crippen LogP contribution is 2.31. The quantitative estimate of drug-likeness (QED) is 0.677. The zero-order chi connectivity index (χ0) is 17.3. The first-order chi connectivity index (χ1) is 12.4. The Hall–Kier alpha value is -2.85. The van der Waals surface area contributed by atoms with E-state index in [0.717, 1.165) is 29.2 Å². The van der Waals surface area contributed by atoms with Crippen molar-refractivity contribution in [2.24, 2.45) is 0 Å². The molecule has 0 aliphatic rings. The van der Waals surface area contributed by atoms with Crippen molar-refractivity contribution in [1.82, 2.24) is 10.3 Å². The maximum Gasteiger partial charge on any atom is 0.166 e. The molecule has 4 heteroatoms. The Morgan fingerprint density at radius 3 is 2.40 bits per heavy atom. The van der Waals surface area contributed by atoms with E-state index < -0.39 is 0 Å². The van der Waals surface area contributed by atoms with Gasteiger partial charge in [-0.25, -0.2) is 0 Å². The molecule has 0 saturated carbocycles. The van der Waals surface area contributed by atoms with Crippen molar-refractivity contribution in [2.45, 2.75) is 19.7 Å². The highest BCUT2D eigenvalue weighted by molar-refractivity contribution is 5.46. The highest BCUT2D eigenvalue weighted by atomic mass is 16.5. The predicted molar refractivity (Wildman–Crippen MR) is 98.5 cm³/mol. The van der Waals surface area contributed by atoms with Crippen LogP contribution in [0.3, 0.4) is 0 Å². The Morgan fingerprint density at radius 1 is 0.840 bits per heavy atom. The number of methoxy groups -OCH3 is 1. The summed E-state index contributed by atoms with van der Waals surface area (Å²) in [5.41, 5.74) is 3.40. The minimum Gasteiger partial charge on any atom is -0.493 e. The second-order valence-electron chi connectivity index (χ2n) is 5.68. The van der Waals surface area contributed by atoms with Crippen molar-refractivity contribution >= 4 is 0 Å². The summed E-state index contributed by atoms with van der Waals surface area (Å²) in [5, 5.41) is 3.44. The van der Waals surface area contributed by atoms with Crippen LogP contribution in [0.1, 0.15) is 16.7 Å². The molecule has 0 fully saturated rings. The molecular formula is C21H22N2O2. The molecule has 4 nitrogen and oxygen atoms in total. The summed E-state index contributed by atoms with van der Waals surface area (Å²) in [6, 6.07) is 20.1. The average molecular weight is 334 g/mol. The van der Waals surface area contributed by atoms with E-state index in [-0.39, 0.29) is 0 Å². The minimum absolute atomic E-state index is 0.512. The molecule has 25 heavy (non-hydrogen) atoms. The average Bonchev–Trinajstić information content (AvgIpc) is 2.68. The van der Waals surface area contributed by atoms with Gasteiger partial charge in [0, 0.05) is 31.0 Å². The number of para-hydroxylation sites is 1. The van der Waals surface area contributed by atoms with E-state index in [1.165, 1.54) is 5.56 Å². The number of rotatable bonds is 8. The molecule has 0 bridgehead atoms. The fourth-order valence-corrected chi connectivity index (χ4v) is 2.60. The molecule has 0 radical (unpaired) electrons. The maximum absolute atomic E-state index is 6.07. The number of benzene rings is 2. The number of hydrogen-bond donors (Lipinski definition) is 1. The number of hydrogen-bond acceptors (Lipinski definition) is 4. The monoisotopic (exact) mass is 334 g/mol. The first-order valence-corrected chi connectivity index (χ1v) is 8.29. The second-order valence-corrected chi connectivity index (χ2v) is 5.68. The number of ether oxygens (including phenoxy) is 2. The van der Waals surface area contributed by atoms with Gasteiger partial charge in [-0.3, -0.25) is 4.98 Å². The molecule has 0 aliphatic heterocycles. The van der Waals surface area contributed by atoms with Crippen LogP contribution in [0.4, 0.5) is 0 Å². The normalized spacial score (nSPS) is 10.4. The van der Waals surface area contributed by atoms with Gasteiger partial charge in [-0.05, 0) is 29.3 Å². The maximum atomic E-state index is 6.07. The molecule has 1 aromatic heterocycles. The van der Waals surface area contributed by atoms with Crippen LogP contribution >= 0.6 is 0 Å². The van der Waals surface area contributed by atoms with E-state index in [1.54, 1.807) is 19.5 Å². The van der Waals surface area contributed by atoms with Crippen molar-refractivity contribution in [3.05, 3.63) is 89.7 Å². The lowest BCUT2D eigenvalue weighted by atomic mass is 10.1. The van der Waals surface area contributed by atoms with Crippen LogP contribution in [0, 0.1) is 0 Å². The zero-order valence-corrected chi connectivity index (χ0v) is 14.3. The Balaban J connectivity index is 1.67. The molecule has 2 aromatic carbocycles. The van der Waals surface area contributed by atoms with Crippen LogP contribution in [0.5, 0.6) is 11.5 Å². The van der Waals surface area contributed by atoms with Gasteiger partial charge in [0.15, 0.2) is 11.5 Å². The molecule has 3 rings (SSSR count). The Labute approximate surface area is 148 Å². The van der Waals surface area contributed by atoms with E-state index in [2.05, 4.69) is 28.5 Å². The van der Waals surface area contributed by atoms with E-state index in [9.17, 15) is 0 Å². The minimum atomic E-state index is 0.512. The van der Waals surface area contributed by atoms with Gasteiger partial charge in [-0.1, -0.05) is 42.5 Å². The first-order valence-electron chi connectivity index (χ1n) is 8.29. The summed E-state index contributed by atoms with van der Waals surface area (Å²) in [5.74, 6) is 1.54. The Morgan fingerprint density at radius 2 is 1.64 bits per heavy atom. The molecule has 128 valence electrons. The van der Waals surface area contributed by atoms with E-state index in [4.69, 9.17) is 9.47 Å². The van der Waals surface area contributed by atoms with Crippen molar-refractivity contribution < 1.29 is 9.47 Å². The van der Waals surface area contributed by atoms with Crippen molar-refractivity contribution in [1.29, 1.82) is 0 Å². The van der Waals surface area contributed by atoms with Crippen LogP contribution in [0.15, 0.2) is 73.1 Å². The molecule has 0 amide bonds. The lowest BCUT2D eigenvalue weighted by molar-refractivity contribution is 0.280. The highest BCUT2D eigenvalue weighted by Gasteiger charge is 2.10. The third kappa shape index (κ3) is 4.81. The fourth-order valence-electron chi connectivity index (χ4n) is 2.60. The molecule has 0 saturated heterocycles. The summed E-state index contributed by atoms with van der Waals surface area (Å²) in [6.45, 7) is 1.99. The second kappa shape index (κ2) is 8.85. The molecule has 0 unspecified atom stereocenters. The number of aromatic nitrogens is 1. The largest absolute Gasteiger partial charge is 0.493 e. The predicted octanol–water partition coefficient (Wildman–Crippen LogP) is 3.96. The van der Waals surface area contributed by atoms with Gasteiger partial charge < -0.3 is 14.8 Å². The van der Waals surface area contributed by atoms with Crippen LogP contribution in [-0.4, -0.2) is 12.1 Å². The van der Waals surface area contributed by atoms with Gasteiger partial charge in [0.25, 0.3) is 0 Å². The molecule has 3 aromatic rings. The molecular weight excluding hydrogens is 312 g/mol. The van der Waals surface area contributed by atoms with Crippen molar-refractivity contribution in [2.75, 3.05) is 7.11 Å². The summed E-state index contributed by atoms with van der Waals surface area (Å²) in [4.78, 5) is 4.04. The number of pyridine rings is 1. The lowest BCUT2D eigenvalue weighted by Crippen LogP contribution is -2.14.